The molecule has 0 bridgehead atoms. The van der Waals surface area contributed by atoms with Crippen LogP contribution in [-0.2, 0) is 46.7 Å². The van der Waals surface area contributed by atoms with Crippen molar-refractivity contribution in [3.63, 3.8) is 0 Å². The number of aryl methyl sites for hydroxylation is 3. The number of ketones is 1. The number of nitrogens with one attached hydrogen (secondary N) is 1. The molecule has 1 heterocycles. The van der Waals surface area contributed by atoms with Crippen molar-refractivity contribution in [2.75, 3.05) is 6.61 Å². The number of carbonyl (C=O) groups is 2. The van der Waals surface area contributed by atoms with Crippen molar-refractivity contribution in [3.8, 4) is 0 Å². The fourth-order valence-electron chi connectivity index (χ4n) is 5.23. The van der Waals surface area contributed by atoms with Gasteiger partial charge < -0.3 is 25.8 Å². The molecule has 3 aromatic rings. The first kappa shape index (κ1) is 35.0. The molecule has 0 radical (unpaired) electrons. The Balaban J connectivity index is 0.00000308. The van der Waals surface area contributed by atoms with Crippen LogP contribution in [0.1, 0.15) is 55.4 Å². The molecule has 5 N–H and O–H groups in total. The monoisotopic (exact) mass is 595 g/mol. The molecule has 1 aliphatic rings. The van der Waals surface area contributed by atoms with Gasteiger partial charge in [-0.05, 0) is 80.2 Å². The lowest BCUT2D eigenvalue weighted by atomic mass is 9.92. The predicted octanol–water partition coefficient (Wildman–Crippen LogP) is 4.78. The number of amides is 1. The van der Waals surface area contributed by atoms with Crippen LogP contribution in [0.25, 0.3) is 0 Å². The van der Waals surface area contributed by atoms with E-state index in [1.54, 1.807) is 13.8 Å². The number of halogens is 1. The van der Waals surface area contributed by atoms with E-state index in [0.717, 1.165) is 43.4 Å². The molecule has 0 aliphatic heterocycles. The number of ether oxygens (including phenoxy) is 1. The first-order valence-corrected chi connectivity index (χ1v) is 14.3. The Morgan fingerprint density at radius 3 is 2.26 bits per heavy atom. The Morgan fingerprint density at radius 1 is 1.02 bits per heavy atom. The predicted molar refractivity (Wildman–Crippen MR) is 171 cm³/mol. The number of aromatic nitrogens is 1. The van der Waals surface area contributed by atoms with E-state index < -0.39 is 11.6 Å². The zero-order chi connectivity index (χ0) is 28.5. The van der Waals surface area contributed by atoms with Gasteiger partial charge in [-0.1, -0.05) is 66.7 Å². The summed E-state index contributed by atoms with van der Waals surface area (Å²) >= 11 is 0. The number of nitrogens with zero attached hydrogens (tertiary/aromatic N) is 1. The van der Waals surface area contributed by atoms with Gasteiger partial charge in [0.05, 0.1) is 18.8 Å². The molecule has 7 nitrogen and oxygen atoms in total. The number of rotatable bonds is 13. The fourth-order valence-corrected chi connectivity index (χ4v) is 5.23. The first-order valence-electron chi connectivity index (χ1n) is 14.3. The summed E-state index contributed by atoms with van der Waals surface area (Å²) < 4.78 is 7.98. The molecule has 1 aromatic heterocycles. The van der Waals surface area contributed by atoms with E-state index >= 15 is 0 Å². The van der Waals surface area contributed by atoms with E-state index in [1.807, 2.05) is 30.3 Å². The number of fused-ring (bicyclic) bond motifs is 1. The van der Waals surface area contributed by atoms with E-state index in [4.69, 9.17) is 10.5 Å². The summed E-state index contributed by atoms with van der Waals surface area (Å²) in [6.07, 6.45) is 9.54. The summed E-state index contributed by atoms with van der Waals surface area (Å²) in [6, 6.07) is 19.8. The Hall–Kier alpha value is -3.23. The molecule has 8 heteroatoms. The minimum absolute atomic E-state index is 0. The van der Waals surface area contributed by atoms with E-state index in [2.05, 4.69) is 59.2 Å². The van der Waals surface area contributed by atoms with Crippen molar-refractivity contribution in [1.29, 1.82) is 0 Å². The molecular formula is C34H46ClN3O4. The minimum atomic E-state index is -1.09. The lowest BCUT2D eigenvalue weighted by Gasteiger charge is -2.23. The molecule has 4 rings (SSSR count). The summed E-state index contributed by atoms with van der Waals surface area (Å²) in [4.78, 5) is 25.7. The SMILES string of the molecule is C=C(Cn1ccc(CCC(=O)[C@@H](COCc2ccccc2)NC(=O)C(C)(C)N)c1)C1CCc2ccccc2CC1.Cl.O. The summed E-state index contributed by atoms with van der Waals surface area (Å²) in [5.74, 6) is 0.0631. The smallest absolute Gasteiger partial charge is 0.240 e. The second-order valence-electron chi connectivity index (χ2n) is 11.6. The van der Waals surface area contributed by atoms with Gasteiger partial charge in [-0.15, -0.1) is 12.4 Å². The van der Waals surface area contributed by atoms with Crippen LogP contribution in [0.2, 0.25) is 0 Å². The zero-order valence-corrected chi connectivity index (χ0v) is 25.6. The number of allylic oxidation sites excluding steroid dienone is 1. The second kappa shape index (κ2) is 16.4. The lowest BCUT2D eigenvalue weighted by Crippen LogP contribution is -2.55. The van der Waals surface area contributed by atoms with E-state index in [9.17, 15) is 9.59 Å². The fraction of sp³-hybridized carbons (Fsp3) is 0.412. The molecule has 1 amide bonds. The molecule has 228 valence electrons. The normalized spacial score (nSPS) is 14.0. The van der Waals surface area contributed by atoms with Crippen LogP contribution in [0.3, 0.4) is 0 Å². The molecule has 0 saturated heterocycles. The summed E-state index contributed by atoms with van der Waals surface area (Å²) in [6.45, 7) is 8.94. The molecule has 0 saturated carbocycles. The molecular weight excluding hydrogens is 550 g/mol. The van der Waals surface area contributed by atoms with Gasteiger partial charge in [0.2, 0.25) is 5.91 Å². The largest absolute Gasteiger partial charge is 0.412 e. The van der Waals surface area contributed by atoms with Gasteiger partial charge in [-0.3, -0.25) is 9.59 Å². The number of hydrogen-bond donors (Lipinski definition) is 2. The molecule has 42 heavy (non-hydrogen) atoms. The van der Waals surface area contributed by atoms with Crippen LogP contribution in [0.15, 0.2) is 85.2 Å². The molecule has 1 atom stereocenters. The van der Waals surface area contributed by atoms with Crippen LogP contribution in [-0.4, -0.2) is 39.9 Å². The highest BCUT2D eigenvalue weighted by Gasteiger charge is 2.28. The van der Waals surface area contributed by atoms with Crippen molar-refractivity contribution in [2.45, 2.75) is 77.1 Å². The Kier molecular flexibility index (Phi) is 13.7. The van der Waals surface area contributed by atoms with Crippen molar-refractivity contribution >= 4 is 24.1 Å². The van der Waals surface area contributed by atoms with E-state index in [-0.39, 0.29) is 36.2 Å². The maximum atomic E-state index is 13.2. The third kappa shape index (κ3) is 10.2. The minimum Gasteiger partial charge on any atom is -0.412 e. The maximum Gasteiger partial charge on any atom is 0.240 e. The second-order valence-corrected chi connectivity index (χ2v) is 11.6. The first-order chi connectivity index (χ1) is 19.2. The summed E-state index contributed by atoms with van der Waals surface area (Å²) in [7, 11) is 0. The van der Waals surface area contributed by atoms with Gasteiger partial charge in [-0.2, -0.15) is 0 Å². The van der Waals surface area contributed by atoms with Crippen LogP contribution in [0.5, 0.6) is 0 Å². The third-order valence-electron chi connectivity index (χ3n) is 7.75. The van der Waals surface area contributed by atoms with Gasteiger partial charge in [0.1, 0.15) is 6.04 Å². The molecule has 0 fully saturated rings. The topological polar surface area (TPSA) is 118 Å². The number of nitrogens with two attached hydrogens (primary N) is 1. The van der Waals surface area contributed by atoms with Crippen molar-refractivity contribution in [1.82, 2.24) is 9.88 Å². The Labute approximate surface area is 256 Å². The molecule has 1 aliphatic carbocycles. The molecule has 0 spiro atoms. The average Bonchev–Trinajstić information content (AvgIpc) is 3.26. The van der Waals surface area contributed by atoms with Gasteiger partial charge in [-0.25, -0.2) is 0 Å². The van der Waals surface area contributed by atoms with Gasteiger partial charge in [0.25, 0.3) is 0 Å². The maximum absolute atomic E-state index is 13.2. The number of Topliss-reactive ketones (excluding diaryl/α,β-unsaturated/α-hetero) is 1. The highest BCUT2D eigenvalue weighted by Crippen LogP contribution is 2.29. The van der Waals surface area contributed by atoms with Gasteiger partial charge in [0, 0.05) is 25.4 Å². The van der Waals surface area contributed by atoms with E-state index in [1.165, 1.54) is 16.7 Å². The third-order valence-corrected chi connectivity index (χ3v) is 7.75. The zero-order valence-electron chi connectivity index (χ0n) is 24.8. The van der Waals surface area contributed by atoms with Crippen molar-refractivity contribution < 1.29 is 19.8 Å². The quantitative estimate of drug-likeness (QED) is 0.218. The highest BCUT2D eigenvalue weighted by molar-refractivity contribution is 5.92. The number of carbonyl (C=O) groups excluding carboxylic acids is 2. The molecule has 2 aromatic carbocycles. The standard InChI is InChI=1S/C34H43N3O3.ClH.H2O/c1-25(28-14-16-29-11-7-8-12-30(29)17-15-28)21-37-20-19-26(22-37)13-18-32(38)31(36-33(39)34(2,3)35)24-40-23-27-9-5-4-6-10-27;;/h4-12,19-20,22,28,31H,1,13-18,21,23-24,35H2,2-3H3,(H,36,39);1H;1H2/t31-;;/m1../s1. The van der Waals surface area contributed by atoms with Crippen LogP contribution < -0.4 is 11.1 Å². The van der Waals surface area contributed by atoms with Crippen LogP contribution in [0, 0.1) is 5.92 Å². The van der Waals surface area contributed by atoms with Crippen LogP contribution in [0.4, 0.5) is 0 Å². The summed E-state index contributed by atoms with van der Waals surface area (Å²) in [5.41, 5.74) is 11.2. The lowest BCUT2D eigenvalue weighted by molar-refractivity contribution is -0.131. The van der Waals surface area contributed by atoms with Crippen LogP contribution >= 0.6 is 12.4 Å². The summed E-state index contributed by atoms with van der Waals surface area (Å²) in [5, 5.41) is 2.80. The van der Waals surface area contributed by atoms with Crippen molar-refractivity contribution in [3.05, 3.63) is 107 Å². The highest BCUT2D eigenvalue weighted by atomic mass is 35.5. The Morgan fingerprint density at radius 2 is 1.64 bits per heavy atom. The Bertz CT molecular complexity index is 1270. The average molecular weight is 596 g/mol. The van der Waals surface area contributed by atoms with Crippen molar-refractivity contribution in [2.24, 2.45) is 11.7 Å². The van der Waals surface area contributed by atoms with Gasteiger partial charge in [0.15, 0.2) is 5.78 Å². The molecule has 0 unspecified atom stereocenters. The number of hydrogen-bond acceptors (Lipinski definition) is 4. The van der Waals surface area contributed by atoms with Gasteiger partial charge >= 0.3 is 0 Å². The number of benzene rings is 2. The van der Waals surface area contributed by atoms with E-state index in [0.29, 0.717) is 25.4 Å².